The van der Waals surface area contributed by atoms with Gasteiger partial charge >= 0.3 is 0 Å². The minimum absolute atomic E-state index is 0.0503. The average molecular weight is 248 g/mol. The molecule has 1 aliphatic carbocycles. The number of terminal acetylenes is 1. The van der Waals surface area contributed by atoms with Crippen LogP contribution >= 0.6 is 0 Å². The third kappa shape index (κ3) is 1.35. The Balaban J connectivity index is 2.22. The third-order valence-corrected chi connectivity index (χ3v) is 3.10. The predicted molar refractivity (Wildman–Crippen MR) is 64.6 cm³/mol. The molecule has 0 aromatic heterocycles. The molecule has 0 unspecified atom stereocenters. The Labute approximate surface area is 106 Å². The highest BCUT2D eigenvalue weighted by molar-refractivity contribution is 6.05. The Morgan fingerprint density at radius 3 is 3.00 bits per heavy atom. The van der Waals surface area contributed by atoms with E-state index in [-0.39, 0.29) is 17.1 Å². The van der Waals surface area contributed by atoms with Crippen molar-refractivity contribution in [3.63, 3.8) is 0 Å². The molecular formula is C13H11FN2O2. The second kappa shape index (κ2) is 3.39. The zero-order valence-electron chi connectivity index (χ0n) is 11.4. The van der Waals surface area contributed by atoms with E-state index in [1.807, 2.05) is 5.92 Å². The molecule has 0 saturated heterocycles. The number of rotatable bonds is 1. The van der Waals surface area contributed by atoms with Gasteiger partial charge in [-0.3, -0.25) is 9.69 Å². The number of benzene rings is 1. The number of halogens is 1. The quantitative estimate of drug-likeness (QED) is 0.602. The zero-order valence-corrected chi connectivity index (χ0v) is 9.37. The number of anilines is 2. The Hall–Kier alpha value is -2.22. The fourth-order valence-electron chi connectivity index (χ4n) is 1.99. The van der Waals surface area contributed by atoms with E-state index >= 15 is 0 Å². The van der Waals surface area contributed by atoms with Crippen molar-refractivity contribution in [2.75, 3.05) is 17.1 Å². The molecule has 1 fully saturated rings. The molecule has 1 saturated carbocycles. The molecule has 1 aromatic carbocycles. The Morgan fingerprint density at radius 1 is 1.67 bits per heavy atom. The Kier molecular flexibility index (Phi) is 1.66. The average Bonchev–Trinajstić information content (AvgIpc) is 3.14. The van der Waals surface area contributed by atoms with Crippen LogP contribution in [0.4, 0.5) is 15.8 Å². The third-order valence-electron chi connectivity index (χ3n) is 3.10. The normalized spacial score (nSPS) is 21.6. The van der Waals surface area contributed by atoms with Gasteiger partial charge in [0.25, 0.3) is 5.91 Å². The number of nitrogens with zero attached hydrogens (tertiary/aromatic N) is 1. The van der Waals surface area contributed by atoms with Crippen LogP contribution in [0.2, 0.25) is 0 Å². The van der Waals surface area contributed by atoms with Crippen molar-refractivity contribution in [1.82, 2.24) is 0 Å². The van der Waals surface area contributed by atoms with Crippen LogP contribution in [0.25, 0.3) is 0 Å². The van der Waals surface area contributed by atoms with Gasteiger partial charge in [0.15, 0.2) is 5.60 Å². The number of carbonyl (C=O) groups excluding carboxylic acids is 1. The van der Waals surface area contributed by atoms with Crippen molar-refractivity contribution in [2.24, 2.45) is 0 Å². The van der Waals surface area contributed by atoms with Crippen molar-refractivity contribution < 1.29 is 16.7 Å². The molecule has 0 radical (unpaired) electrons. The molecule has 0 atom stereocenters. The number of nitrogens with two attached hydrogens (primary N) is 1. The van der Waals surface area contributed by atoms with E-state index in [2.05, 4.69) is 0 Å². The van der Waals surface area contributed by atoms with Crippen LogP contribution in [0.3, 0.4) is 0 Å². The van der Waals surface area contributed by atoms with Crippen LogP contribution in [0.1, 0.15) is 15.6 Å². The molecule has 1 heterocycles. The minimum atomic E-state index is -2.34. The molecule has 1 amide bonds. The summed E-state index contributed by atoms with van der Waals surface area (Å²) < 4.78 is 34.7. The summed E-state index contributed by atoms with van der Waals surface area (Å²) in [6.07, 6.45) is 6.07. The summed E-state index contributed by atoms with van der Waals surface area (Å²) >= 11 is 0. The van der Waals surface area contributed by atoms with Crippen molar-refractivity contribution >= 4 is 17.3 Å². The number of fused-ring (bicyclic) bond motifs is 1. The van der Waals surface area contributed by atoms with E-state index in [0.29, 0.717) is 12.8 Å². The van der Waals surface area contributed by atoms with Crippen LogP contribution in [0.15, 0.2) is 12.1 Å². The lowest BCUT2D eigenvalue weighted by Gasteiger charge is -2.33. The first-order valence-electron chi connectivity index (χ1n) is 6.41. The second-order valence-electron chi connectivity index (χ2n) is 4.33. The molecule has 18 heavy (non-hydrogen) atoms. The van der Waals surface area contributed by atoms with E-state index in [0.717, 1.165) is 17.0 Å². The number of nitrogen functional groups attached to an aromatic ring is 1. The molecule has 1 aromatic rings. The van der Waals surface area contributed by atoms with Gasteiger partial charge in [0.05, 0.1) is 20.6 Å². The number of amides is 1. The lowest BCUT2D eigenvalue weighted by molar-refractivity contribution is -0.128. The largest absolute Gasteiger partial charge is 0.475 e. The van der Waals surface area contributed by atoms with Gasteiger partial charge in [-0.25, -0.2) is 4.39 Å². The van der Waals surface area contributed by atoms with Crippen molar-refractivity contribution in [2.45, 2.75) is 18.4 Å². The summed E-state index contributed by atoms with van der Waals surface area (Å²) in [7, 11) is 0. The first-order chi connectivity index (χ1) is 9.31. The molecular weight excluding hydrogens is 235 g/mol. The van der Waals surface area contributed by atoms with Crippen LogP contribution in [-0.2, 0) is 4.79 Å². The van der Waals surface area contributed by atoms with E-state index in [1.165, 1.54) is 0 Å². The summed E-state index contributed by atoms with van der Waals surface area (Å²) in [5.41, 5.74) is 4.21. The lowest BCUT2D eigenvalue weighted by Crippen LogP contribution is -2.47. The van der Waals surface area contributed by atoms with Gasteiger partial charge < -0.3 is 10.5 Å². The highest BCUT2D eigenvalue weighted by Gasteiger charge is 2.57. The monoisotopic (exact) mass is 248 g/mol. The molecule has 2 N–H and O–H groups in total. The maximum absolute atomic E-state index is 13.5. The predicted octanol–water partition coefficient (Wildman–Crippen LogP) is 1.30. The van der Waals surface area contributed by atoms with Crippen LogP contribution in [0.5, 0.6) is 5.75 Å². The first-order valence-corrected chi connectivity index (χ1v) is 5.41. The fourth-order valence-corrected chi connectivity index (χ4v) is 1.99. The summed E-state index contributed by atoms with van der Waals surface area (Å²) in [6.45, 7) is -2.34. The molecule has 1 spiro atoms. The first kappa shape index (κ1) is 8.81. The van der Waals surface area contributed by atoms with Crippen molar-refractivity contribution in [1.29, 1.82) is 0 Å². The second-order valence-corrected chi connectivity index (χ2v) is 4.33. The van der Waals surface area contributed by atoms with Crippen LogP contribution in [0, 0.1) is 18.2 Å². The summed E-state index contributed by atoms with van der Waals surface area (Å²) in [4.78, 5) is 13.2. The number of ether oxygens (including phenoxy) is 1. The smallest absolute Gasteiger partial charge is 0.272 e. The molecule has 2 aliphatic rings. The maximum Gasteiger partial charge on any atom is 0.272 e. The van der Waals surface area contributed by atoms with E-state index < -0.39 is 23.8 Å². The minimum Gasteiger partial charge on any atom is -0.475 e. The highest BCUT2D eigenvalue weighted by Crippen LogP contribution is 2.49. The van der Waals surface area contributed by atoms with E-state index in [1.54, 1.807) is 0 Å². The molecule has 3 rings (SSSR count). The van der Waals surface area contributed by atoms with Gasteiger partial charge in [-0.2, -0.15) is 0 Å². The van der Waals surface area contributed by atoms with Gasteiger partial charge in [-0.1, -0.05) is 5.92 Å². The fraction of sp³-hybridized carbons (Fsp3) is 0.308. The van der Waals surface area contributed by atoms with E-state index in [4.69, 9.17) is 19.6 Å². The number of hydrogen-bond acceptors (Lipinski definition) is 3. The molecule has 1 aliphatic heterocycles. The highest BCUT2D eigenvalue weighted by atomic mass is 19.1. The van der Waals surface area contributed by atoms with Crippen LogP contribution in [-0.4, -0.2) is 18.0 Å². The van der Waals surface area contributed by atoms with Crippen LogP contribution < -0.4 is 15.4 Å². The summed E-state index contributed by atoms with van der Waals surface area (Å²) in [5.74, 6) is 0.765. The van der Waals surface area contributed by atoms with Gasteiger partial charge in [-0.05, 0) is 6.07 Å². The van der Waals surface area contributed by atoms with Crippen molar-refractivity contribution in [3.8, 4) is 18.1 Å². The van der Waals surface area contributed by atoms with Crippen molar-refractivity contribution in [3.05, 3.63) is 17.9 Å². The number of carbonyl (C=O) groups is 1. The molecule has 5 heteroatoms. The Morgan fingerprint density at radius 2 is 2.39 bits per heavy atom. The maximum atomic E-state index is 13.5. The lowest BCUT2D eigenvalue weighted by atomic mass is 10.1. The topological polar surface area (TPSA) is 55.6 Å². The van der Waals surface area contributed by atoms with E-state index in [9.17, 15) is 9.18 Å². The van der Waals surface area contributed by atoms with Gasteiger partial charge in [0.2, 0.25) is 0 Å². The summed E-state index contributed by atoms with van der Waals surface area (Å²) in [5, 5.41) is 0. The van der Waals surface area contributed by atoms with Gasteiger partial charge in [0.1, 0.15) is 11.6 Å². The standard InChI is InChI=1S/C13H11FN2O2/c1-2-5-16-10-7-9(15)8(14)6-11(10)18-13(3-4-13)12(16)17/h1,6-7H,3-5,15H2/i5D2. The van der Waals surface area contributed by atoms with Gasteiger partial charge in [-0.15, -0.1) is 6.42 Å². The number of hydrogen-bond donors (Lipinski definition) is 1. The molecule has 92 valence electrons. The SMILES string of the molecule is [2H]C([2H])(C#C)N1C(=O)C2(CC2)Oc2cc(F)c(N)cc21. The van der Waals surface area contributed by atoms with Gasteiger partial charge in [0, 0.05) is 18.9 Å². The Bertz CT molecular complexity index is 665. The summed E-state index contributed by atoms with van der Waals surface area (Å²) in [6, 6.07) is 2.21. The zero-order chi connectivity index (χ0) is 14.7. The molecule has 4 nitrogen and oxygen atoms in total. The molecule has 0 bridgehead atoms.